The van der Waals surface area contributed by atoms with Gasteiger partial charge in [-0.2, -0.15) is 9.59 Å². The standard InChI is InChI=1S/C3H8O.CO2/c1-3(2)4;2-1-3/h3-4H,1-2H3;. The van der Waals surface area contributed by atoms with Crippen LogP contribution in [0.5, 0.6) is 0 Å². The predicted octanol–water partition coefficient (Wildman–Crippen LogP) is -0.196. The summed E-state index contributed by atoms with van der Waals surface area (Å²) in [6, 6.07) is 0. The van der Waals surface area contributed by atoms with E-state index in [4.69, 9.17) is 14.7 Å². The van der Waals surface area contributed by atoms with Crippen LogP contribution in [0.15, 0.2) is 0 Å². The summed E-state index contributed by atoms with van der Waals surface area (Å²) < 4.78 is 0. The SMILES string of the molecule is CC(C)O.O=C=O. The van der Waals surface area contributed by atoms with Gasteiger partial charge in [0.25, 0.3) is 0 Å². The van der Waals surface area contributed by atoms with Crippen LogP contribution in [-0.2, 0) is 9.59 Å². The zero-order valence-corrected chi connectivity index (χ0v) is 4.34. The fraction of sp³-hybridized carbons (Fsp3) is 0.750. The first-order valence-electron chi connectivity index (χ1n) is 1.82. The molecule has 0 aromatic heterocycles. The maximum absolute atomic E-state index is 8.12. The molecule has 0 aliphatic rings. The van der Waals surface area contributed by atoms with Gasteiger partial charge in [-0.3, -0.25) is 0 Å². The Bertz CT molecular complexity index is 49.2. The molecule has 0 atom stereocenters. The van der Waals surface area contributed by atoms with Gasteiger partial charge in [-0.25, -0.2) is 0 Å². The van der Waals surface area contributed by atoms with E-state index in [1.807, 2.05) is 0 Å². The molecule has 0 spiro atoms. The molecule has 0 saturated carbocycles. The van der Waals surface area contributed by atoms with Gasteiger partial charge >= 0.3 is 6.15 Å². The first-order chi connectivity index (χ1) is 3.15. The highest BCUT2D eigenvalue weighted by Gasteiger charge is 1.69. The second kappa shape index (κ2) is 9.02. The number of hydrogen-bond acceptors (Lipinski definition) is 3. The molecule has 1 N–H and O–H groups in total. The highest BCUT2D eigenvalue weighted by atomic mass is 16.3. The van der Waals surface area contributed by atoms with Gasteiger partial charge in [-0.1, -0.05) is 0 Å². The lowest BCUT2D eigenvalue weighted by Crippen LogP contribution is -1.85. The van der Waals surface area contributed by atoms with E-state index < -0.39 is 0 Å². The molecule has 0 unspecified atom stereocenters. The fourth-order valence-electron chi connectivity index (χ4n) is 0. The molecular weight excluding hydrogens is 96.0 g/mol. The minimum Gasteiger partial charge on any atom is -0.394 e. The summed E-state index contributed by atoms with van der Waals surface area (Å²) in [6.45, 7) is 3.44. The van der Waals surface area contributed by atoms with Crippen LogP contribution in [0.4, 0.5) is 0 Å². The summed E-state index contributed by atoms with van der Waals surface area (Å²) in [5.74, 6) is 0. The first-order valence-corrected chi connectivity index (χ1v) is 1.82. The van der Waals surface area contributed by atoms with E-state index in [0.29, 0.717) is 0 Å². The molecule has 42 valence electrons. The van der Waals surface area contributed by atoms with Crippen molar-refractivity contribution in [2.45, 2.75) is 20.0 Å². The van der Waals surface area contributed by atoms with E-state index in [2.05, 4.69) is 0 Å². The number of aliphatic hydroxyl groups is 1. The summed E-state index contributed by atoms with van der Waals surface area (Å²) >= 11 is 0. The van der Waals surface area contributed by atoms with E-state index in [-0.39, 0.29) is 12.3 Å². The smallest absolute Gasteiger partial charge is 0.373 e. The predicted molar refractivity (Wildman–Crippen MR) is 22.4 cm³/mol. The highest BCUT2D eigenvalue weighted by Crippen LogP contribution is 1.65. The molecule has 0 aromatic rings. The van der Waals surface area contributed by atoms with Crippen LogP contribution in [0, 0.1) is 0 Å². The second-order valence-electron chi connectivity index (χ2n) is 1.18. The molecule has 3 nitrogen and oxygen atoms in total. The summed E-state index contributed by atoms with van der Waals surface area (Å²) in [5, 5.41) is 8.06. The summed E-state index contributed by atoms with van der Waals surface area (Å²) in [6.07, 6.45) is 0.0833. The van der Waals surface area contributed by atoms with Crippen molar-refractivity contribution >= 4 is 6.15 Å². The van der Waals surface area contributed by atoms with Crippen LogP contribution in [0.2, 0.25) is 0 Å². The second-order valence-corrected chi connectivity index (χ2v) is 1.18. The number of carbonyl (C=O) groups excluding carboxylic acids is 2. The number of rotatable bonds is 0. The largest absolute Gasteiger partial charge is 0.394 e. The van der Waals surface area contributed by atoms with E-state index in [0.717, 1.165) is 0 Å². The Morgan fingerprint density at radius 3 is 1.43 bits per heavy atom. The molecule has 0 aliphatic heterocycles. The van der Waals surface area contributed by atoms with Gasteiger partial charge < -0.3 is 5.11 Å². The lowest BCUT2D eigenvalue weighted by molar-refractivity contribution is -0.191. The fourth-order valence-corrected chi connectivity index (χ4v) is 0. The van der Waals surface area contributed by atoms with E-state index in [1.165, 1.54) is 0 Å². The van der Waals surface area contributed by atoms with Crippen LogP contribution >= 0.6 is 0 Å². The zero-order chi connectivity index (χ0) is 6.28. The van der Waals surface area contributed by atoms with Crippen molar-refractivity contribution in [2.75, 3.05) is 0 Å². The lowest BCUT2D eigenvalue weighted by atomic mass is 10.5. The molecule has 7 heavy (non-hydrogen) atoms. The van der Waals surface area contributed by atoms with Gasteiger partial charge in [-0.05, 0) is 13.8 Å². The third kappa shape index (κ3) is 137. The highest BCUT2D eigenvalue weighted by molar-refractivity contribution is 5.20. The molecule has 0 radical (unpaired) electrons. The monoisotopic (exact) mass is 104 g/mol. The molecule has 3 heteroatoms. The van der Waals surface area contributed by atoms with E-state index in [9.17, 15) is 0 Å². The van der Waals surface area contributed by atoms with Gasteiger partial charge in [0.1, 0.15) is 0 Å². The number of aliphatic hydroxyl groups excluding tert-OH is 1. The molecule has 0 saturated heterocycles. The Labute approximate surface area is 42.0 Å². The Balaban J connectivity index is 0. The minimum atomic E-state index is -0.167. The molecule has 0 rings (SSSR count). The Hall–Kier alpha value is -0.660. The maximum Gasteiger partial charge on any atom is 0.373 e. The lowest BCUT2D eigenvalue weighted by Gasteiger charge is -1.80. The van der Waals surface area contributed by atoms with Crippen molar-refractivity contribution in [3.63, 3.8) is 0 Å². The maximum atomic E-state index is 8.12. The normalized spacial score (nSPS) is 6.29. The van der Waals surface area contributed by atoms with E-state index in [1.54, 1.807) is 13.8 Å². The van der Waals surface area contributed by atoms with Crippen LogP contribution in [-0.4, -0.2) is 17.4 Å². The molecule has 0 fully saturated rings. The van der Waals surface area contributed by atoms with Crippen molar-refractivity contribution in [1.82, 2.24) is 0 Å². The topological polar surface area (TPSA) is 54.4 Å². The van der Waals surface area contributed by atoms with Gasteiger partial charge in [0.15, 0.2) is 0 Å². The van der Waals surface area contributed by atoms with Crippen LogP contribution < -0.4 is 0 Å². The number of hydrogen-bond donors (Lipinski definition) is 1. The van der Waals surface area contributed by atoms with Crippen molar-refractivity contribution < 1.29 is 14.7 Å². The Morgan fingerprint density at radius 2 is 1.43 bits per heavy atom. The first kappa shape index (κ1) is 9.60. The van der Waals surface area contributed by atoms with Crippen LogP contribution in [0.25, 0.3) is 0 Å². The summed E-state index contributed by atoms with van der Waals surface area (Å²) in [5.41, 5.74) is 0. The minimum absolute atomic E-state index is 0.167. The quantitative estimate of drug-likeness (QED) is 0.463. The van der Waals surface area contributed by atoms with Crippen molar-refractivity contribution in [1.29, 1.82) is 0 Å². The Morgan fingerprint density at radius 1 is 1.43 bits per heavy atom. The molecule has 0 aliphatic carbocycles. The average molecular weight is 104 g/mol. The molecule has 0 heterocycles. The molecular formula is C4H8O3. The van der Waals surface area contributed by atoms with Gasteiger partial charge in [0.05, 0.1) is 0 Å². The molecule has 0 amide bonds. The third-order valence-corrected chi connectivity index (χ3v) is 0. The van der Waals surface area contributed by atoms with Crippen molar-refractivity contribution in [3.05, 3.63) is 0 Å². The summed E-state index contributed by atoms with van der Waals surface area (Å²) in [4.78, 5) is 16.2. The molecule has 0 bridgehead atoms. The van der Waals surface area contributed by atoms with E-state index >= 15 is 0 Å². The third-order valence-electron chi connectivity index (χ3n) is 0. The van der Waals surface area contributed by atoms with Gasteiger partial charge in [-0.15, -0.1) is 0 Å². The van der Waals surface area contributed by atoms with Gasteiger partial charge in [0, 0.05) is 6.10 Å². The van der Waals surface area contributed by atoms with Crippen molar-refractivity contribution in [3.8, 4) is 0 Å². The van der Waals surface area contributed by atoms with Gasteiger partial charge in [0.2, 0.25) is 0 Å². The summed E-state index contributed by atoms with van der Waals surface area (Å²) in [7, 11) is 0. The van der Waals surface area contributed by atoms with Crippen LogP contribution in [0.1, 0.15) is 13.8 Å². The Kier molecular flexibility index (Phi) is 12.4. The molecule has 0 aromatic carbocycles. The van der Waals surface area contributed by atoms with Crippen molar-refractivity contribution in [2.24, 2.45) is 0 Å². The zero-order valence-electron chi connectivity index (χ0n) is 4.34. The van der Waals surface area contributed by atoms with Crippen LogP contribution in [0.3, 0.4) is 0 Å². The average Bonchev–Trinajstić information content (AvgIpc) is 1.33.